The van der Waals surface area contributed by atoms with Crippen molar-refractivity contribution in [3.63, 3.8) is 0 Å². The molecule has 0 atom stereocenters. The molecule has 1 amide bonds. The molecule has 1 aliphatic heterocycles. The fourth-order valence-corrected chi connectivity index (χ4v) is 3.88. The molecule has 0 saturated carbocycles. The largest absolute Gasteiger partial charge is 0.494 e. The molecular weight excluding hydrogens is 408 g/mol. The normalized spacial score (nSPS) is 12.6. The number of hydrogen-bond acceptors (Lipinski definition) is 6. The number of aliphatic hydroxyl groups is 2. The first-order valence-electron chi connectivity index (χ1n) is 10.4. The van der Waals surface area contributed by atoms with E-state index in [9.17, 15) is 9.90 Å². The van der Waals surface area contributed by atoms with Crippen molar-refractivity contribution in [2.24, 2.45) is 4.99 Å². The first-order chi connectivity index (χ1) is 15.4. The van der Waals surface area contributed by atoms with E-state index in [1.807, 2.05) is 72.4 Å². The Balaban J connectivity index is 1.66. The predicted octanol–water partition coefficient (Wildman–Crippen LogP) is 2.24. The number of nitrogens with one attached hydrogen (secondary N) is 1. The number of hydrogen-bond donors (Lipinski definition) is 4. The molecule has 8 nitrogen and oxygen atoms in total. The maximum atomic E-state index is 12.8. The molecule has 0 aliphatic carbocycles. The number of fused-ring (bicyclic) bond motifs is 1. The van der Waals surface area contributed by atoms with Gasteiger partial charge in [0.05, 0.1) is 35.7 Å². The molecule has 0 unspecified atom stereocenters. The molecule has 0 fully saturated rings. The predicted molar refractivity (Wildman–Crippen MR) is 125 cm³/mol. The molecule has 0 bridgehead atoms. The van der Waals surface area contributed by atoms with Crippen molar-refractivity contribution in [1.29, 1.82) is 0 Å². The van der Waals surface area contributed by atoms with Crippen molar-refractivity contribution in [3.8, 4) is 17.1 Å². The standard InChI is InChI=1S/C24H26N4O4/c1-27(11-13-29)17-7-3-15(4-8-17)21-19-20(24(32)25-21)22(26-23(19)31)16-5-9-18(10-6-16)28(2)12-14-30/h3-10,25,29-30,32H,11-14H2,1-2H3. The summed E-state index contributed by atoms with van der Waals surface area (Å²) in [6.07, 6.45) is 0. The zero-order valence-corrected chi connectivity index (χ0v) is 18.0. The number of amides is 1. The number of carbonyl (C=O) groups is 1. The molecular formula is C24H26N4O4. The average molecular weight is 434 g/mol. The number of aliphatic hydroxyl groups excluding tert-OH is 2. The van der Waals surface area contributed by atoms with Crippen molar-refractivity contribution in [2.75, 3.05) is 50.2 Å². The third kappa shape index (κ3) is 3.86. The lowest BCUT2D eigenvalue weighted by molar-refractivity contribution is 0.101. The highest BCUT2D eigenvalue weighted by atomic mass is 16.3. The number of anilines is 2. The summed E-state index contributed by atoms with van der Waals surface area (Å²) in [5.41, 5.74) is 5.06. The number of H-pyrrole nitrogens is 1. The Morgan fingerprint density at radius 2 is 1.31 bits per heavy atom. The Labute approximate surface area is 186 Å². The van der Waals surface area contributed by atoms with Gasteiger partial charge in [-0.3, -0.25) is 4.79 Å². The maximum Gasteiger partial charge on any atom is 0.280 e. The van der Waals surface area contributed by atoms with Gasteiger partial charge in [0.1, 0.15) is 0 Å². The van der Waals surface area contributed by atoms with Gasteiger partial charge in [0.25, 0.3) is 5.91 Å². The van der Waals surface area contributed by atoms with E-state index in [1.54, 1.807) is 0 Å². The molecule has 0 radical (unpaired) electrons. The summed E-state index contributed by atoms with van der Waals surface area (Å²) in [5.74, 6) is -0.493. The van der Waals surface area contributed by atoms with E-state index >= 15 is 0 Å². The highest BCUT2D eigenvalue weighted by Crippen LogP contribution is 2.38. The van der Waals surface area contributed by atoms with Gasteiger partial charge in [-0.2, -0.15) is 0 Å². The molecule has 8 heteroatoms. The number of aromatic amines is 1. The van der Waals surface area contributed by atoms with Gasteiger partial charge in [-0.25, -0.2) is 4.99 Å². The van der Waals surface area contributed by atoms with E-state index in [0.29, 0.717) is 35.6 Å². The number of benzene rings is 2. The summed E-state index contributed by atoms with van der Waals surface area (Å²) < 4.78 is 0. The van der Waals surface area contributed by atoms with Gasteiger partial charge < -0.3 is 30.1 Å². The van der Waals surface area contributed by atoms with Crippen LogP contribution in [-0.4, -0.2) is 72.3 Å². The Kier molecular flexibility index (Phi) is 5.98. The van der Waals surface area contributed by atoms with Crippen LogP contribution in [0.2, 0.25) is 0 Å². The number of nitrogens with zero attached hydrogens (tertiary/aromatic N) is 3. The topological polar surface area (TPSA) is 112 Å². The number of likely N-dealkylation sites (N-methyl/N-ethyl adjacent to an activating group) is 2. The second-order valence-electron chi connectivity index (χ2n) is 7.75. The van der Waals surface area contributed by atoms with Crippen molar-refractivity contribution >= 4 is 23.0 Å². The van der Waals surface area contributed by atoms with Crippen LogP contribution in [0.4, 0.5) is 11.4 Å². The Hall–Kier alpha value is -3.62. The summed E-state index contributed by atoms with van der Waals surface area (Å²) in [7, 11) is 3.77. The van der Waals surface area contributed by atoms with Gasteiger partial charge >= 0.3 is 0 Å². The SMILES string of the molecule is CN(CCO)c1ccc(C2=NC(=O)c3c(-c4ccc(N(C)CCO)cc4)[nH]c(O)c32)cc1. The van der Waals surface area contributed by atoms with Crippen LogP contribution in [0.1, 0.15) is 21.5 Å². The van der Waals surface area contributed by atoms with Crippen LogP contribution in [0, 0.1) is 0 Å². The fraction of sp³-hybridized carbons (Fsp3) is 0.250. The molecule has 3 aromatic rings. The lowest BCUT2D eigenvalue weighted by Gasteiger charge is -2.18. The molecule has 2 aromatic carbocycles. The van der Waals surface area contributed by atoms with Crippen LogP contribution in [-0.2, 0) is 0 Å². The molecule has 4 rings (SSSR count). The van der Waals surface area contributed by atoms with Crippen LogP contribution >= 0.6 is 0 Å². The van der Waals surface area contributed by atoms with Gasteiger partial charge in [0, 0.05) is 44.1 Å². The van der Waals surface area contributed by atoms with Gasteiger partial charge in [-0.1, -0.05) is 24.3 Å². The summed E-state index contributed by atoms with van der Waals surface area (Å²) in [6.45, 7) is 1.15. The van der Waals surface area contributed by atoms with Crippen LogP contribution in [0.15, 0.2) is 53.5 Å². The summed E-state index contributed by atoms with van der Waals surface area (Å²) in [6, 6.07) is 15.0. The van der Waals surface area contributed by atoms with E-state index in [4.69, 9.17) is 10.2 Å². The van der Waals surface area contributed by atoms with Gasteiger partial charge in [0.15, 0.2) is 5.88 Å². The highest BCUT2D eigenvalue weighted by molar-refractivity contribution is 6.30. The second kappa shape index (κ2) is 8.86. The Bertz CT molecular complexity index is 1150. The Morgan fingerprint density at radius 1 is 0.812 bits per heavy atom. The molecule has 166 valence electrons. The van der Waals surface area contributed by atoms with Crippen molar-refractivity contribution in [1.82, 2.24) is 4.98 Å². The van der Waals surface area contributed by atoms with E-state index in [0.717, 1.165) is 22.5 Å². The lowest BCUT2D eigenvalue weighted by Crippen LogP contribution is -2.21. The first kappa shape index (κ1) is 21.6. The number of aromatic hydroxyl groups is 1. The molecule has 0 spiro atoms. The van der Waals surface area contributed by atoms with Crippen LogP contribution in [0.3, 0.4) is 0 Å². The van der Waals surface area contributed by atoms with Crippen molar-refractivity contribution < 1.29 is 20.1 Å². The minimum absolute atomic E-state index is 0.0571. The third-order valence-corrected chi connectivity index (χ3v) is 5.69. The zero-order chi connectivity index (χ0) is 22.8. The van der Waals surface area contributed by atoms with E-state index in [-0.39, 0.29) is 19.1 Å². The highest BCUT2D eigenvalue weighted by Gasteiger charge is 2.33. The van der Waals surface area contributed by atoms with Gasteiger partial charge in [-0.15, -0.1) is 0 Å². The van der Waals surface area contributed by atoms with Crippen LogP contribution < -0.4 is 9.80 Å². The summed E-state index contributed by atoms with van der Waals surface area (Å²) in [5, 5.41) is 28.9. The van der Waals surface area contributed by atoms with Crippen molar-refractivity contribution in [3.05, 3.63) is 65.2 Å². The second-order valence-corrected chi connectivity index (χ2v) is 7.75. The first-order valence-corrected chi connectivity index (χ1v) is 10.4. The minimum Gasteiger partial charge on any atom is -0.494 e. The van der Waals surface area contributed by atoms with E-state index < -0.39 is 5.91 Å². The van der Waals surface area contributed by atoms with E-state index in [1.165, 1.54) is 0 Å². The molecule has 1 aromatic heterocycles. The molecule has 32 heavy (non-hydrogen) atoms. The van der Waals surface area contributed by atoms with Gasteiger partial charge in [-0.05, 0) is 29.8 Å². The summed E-state index contributed by atoms with van der Waals surface area (Å²) >= 11 is 0. The average Bonchev–Trinajstić information content (AvgIpc) is 3.32. The molecule has 1 aliphatic rings. The maximum absolute atomic E-state index is 12.8. The molecule has 2 heterocycles. The van der Waals surface area contributed by atoms with Gasteiger partial charge in [0.2, 0.25) is 0 Å². The fourth-order valence-electron chi connectivity index (χ4n) is 3.88. The number of aliphatic imine (C=N–C) groups is 1. The lowest BCUT2D eigenvalue weighted by atomic mass is 10.00. The third-order valence-electron chi connectivity index (χ3n) is 5.69. The Morgan fingerprint density at radius 3 is 1.81 bits per heavy atom. The number of rotatable bonds is 8. The quantitative estimate of drug-likeness (QED) is 0.433. The molecule has 0 saturated heterocycles. The summed E-state index contributed by atoms with van der Waals surface area (Å²) in [4.78, 5) is 23.8. The minimum atomic E-state index is -0.399. The molecule has 4 N–H and O–H groups in total. The smallest absolute Gasteiger partial charge is 0.280 e. The monoisotopic (exact) mass is 434 g/mol. The zero-order valence-electron chi connectivity index (χ0n) is 18.0. The number of aromatic nitrogens is 1. The van der Waals surface area contributed by atoms with E-state index in [2.05, 4.69) is 9.98 Å². The number of carbonyl (C=O) groups excluding carboxylic acids is 1. The van der Waals surface area contributed by atoms with Crippen molar-refractivity contribution in [2.45, 2.75) is 0 Å². The van der Waals surface area contributed by atoms with Crippen LogP contribution in [0.5, 0.6) is 5.88 Å². The van der Waals surface area contributed by atoms with Crippen LogP contribution in [0.25, 0.3) is 11.3 Å².